The molecule has 0 saturated carbocycles. The molecule has 0 bridgehead atoms. The van der Waals surface area contributed by atoms with Gasteiger partial charge in [0.25, 0.3) is 0 Å². The number of piperazine rings is 1. The van der Waals surface area contributed by atoms with Gasteiger partial charge < -0.3 is 5.32 Å². The maximum atomic E-state index is 12.5. The van der Waals surface area contributed by atoms with Crippen molar-refractivity contribution in [1.29, 1.82) is 0 Å². The fourth-order valence-electron chi connectivity index (χ4n) is 3.23. The molecule has 2 fully saturated rings. The highest BCUT2D eigenvalue weighted by Gasteiger charge is 2.34. The molecule has 112 valence electrons. The quantitative estimate of drug-likeness (QED) is 0.818. The predicted molar refractivity (Wildman–Crippen MR) is 77.7 cm³/mol. The van der Waals surface area contributed by atoms with Gasteiger partial charge in [0.1, 0.15) is 0 Å². The first-order chi connectivity index (χ1) is 9.00. The molecule has 0 amide bonds. The highest BCUT2D eigenvalue weighted by molar-refractivity contribution is 7.89. The standard InChI is InChI=1S/C13H27N3O2S/c1-12-4-3-5-13(2)16(12)19(17,18)11-10-15-8-6-14-7-9-15/h12-14H,3-11H2,1-2H3/t12-,13+. The van der Waals surface area contributed by atoms with E-state index in [1.54, 1.807) is 4.31 Å². The van der Waals surface area contributed by atoms with Crippen LogP contribution in [0.25, 0.3) is 0 Å². The minimum absolute atomic E-state index is 0.164. The first-order valence-corrected chi connectivity index (χ1v) is 9.06. The Morgan fingerprint density at radius 3 is 2.26 bits per heavy atom. The van der Waals surface area contributed by atoms with Gasteiger partial charge in [-0.3, -0.25) is 4.90 Å². The van der Waals surface area contributed by atoms with Crippen molar-refractivity contribution in [2.24, 2.45) is 0 Å². The smallest absolute Gasteiger partial charge is 0.215 e. The Hall–Kier alpha value is -0.170. The largest absolute Gasteiger partial charge is 0.314 e. The van der Waals surface area contributed by atoms with Gasteiger partial charge in [-0.2, -0.15) is 4.31 Å². The van der Waals surface area contributed by atoms with Crippen LogP contribution in [0.4, 0.5) is 0 Å². The number of piperidine rings is 1. The summed E-state index contributed by atoms with van der Waals surface area (Å²) in [6, 6.07) is 0.327. The molecule has 0 aromatic carbocycles. The molecule has 5 nitrogen and oxygen atoms in total. The highest BCUT2D eigenvalue weighted by Crippen LogP contribution is 2.25. The van der Waals surface area contributed by atoms with Crippen LogP contribution in [0, 0.1) is 0 Å². The number of rotatable bonds is 4. The molecule has 2 heterocycles. The van der Waals surface area contributed by atoms with Gasteiger partial charge >= 0.3 is 0 Å². The summed E-state index contributed by atoms with van der Waals surface area (Å²) in [4.78, 5) is 2.24. The molecule has 2 rings (SSSR count). The third kappa shape index (κ3) is 3.90. The molecule has 6 heteroatoms. The minimum atomic E-state index is -3.11. The molecular weight excluding hydrogens is 262 g/mol. The molecule has 2 aliphatic heterocycles. The van der Waals surface area contributed by atoms with Crippen molar-refractivity contribution in [1.82, 2.24) is 14.5 Å². The van der Waals surface area contributed by atoms with Crippen LogP contribution in [-0.4, -0.2) is 68.2 Å². The normalized spacial score (nSPS) is 31.5. The number of sulfonamides is 1. The van der Waals surface area contributed by atoms with E-state index < -0.39 is 10.0 Å². The van der Waals surface area contributed by atoms with Crippen LogP contribution in [0.3, 0.4) is 0 Å². The van der Waals surface area contributed by atoms with Crippen LogP contribution in [0.15, 0.2) is 0 Å². The zero-order valence-corrected chi connectivity index (χ0v) is 13.0. The van der Waals surface area contributed by atoms with E-state index in [1.807, 2.05) is 13.8 Å². The van der Waals surface area contributed by atoms with Crippen LogP contribution in [0.5, 0.6) is 0 Å². The summed E-state index contributed by atoms with van der Waals surface area (Å²) in [6.07, 6.45) is 3.14. The molecular formula is C13H27N3O2S. The van der Waals surface area contributed by atoms with Crippen LogP contribution in [0.2, 0.25) is 0 Å². The first-order valence-electron chi connectivity index (χ1n) is 7.45. The van der Waals surface area contributed by atoms with Crippen molar-refractivity contribution in [2.45, 2.75) is 45.2 Å². The monoisotopic (exact) mass is 289 g/mol. The summed E-state index contributed by atoms with van der Waals surface area (Å²) in [6.45, 7) is 8.60. The van der Waals surface area contributed by atoms with Gasteiger partial charge in [-0.05, 0) is 26.7 Å². The fraction of sp³-hybridized carbons (Fsp3) is 1.00. The van der Waals surface area contributed by atoms with Crippen molar-refractivity contribution in [3.63, 3.8) is 0 Å². The van der Waals surface area contributed by atoms with Crippen molar-refractivity contribution in [3.8, 4) is 0 Å². The van der Waals surface area contributed by atoms with E-state index in [-0.39, 0.29) is 17.8 Å². The zero-order valence-electron chi connectivity index (χ0n) is 12.1. The summed E-state index contributed by atoms with van der Waals surface area (Å²) < 4.78 is 26.8. The average Bonchev–Trinajstić information content (AvgIpc) is 2.37. The van der Waals surface area contributed by atoms with Crippen molar-refractivity contribution in [3.05, 3.63) is 0 Å². The molecule has 0 spiro atoms. The van der Waals surface area contributed by atoms with Crippen LogP contribution in [0.1, 0.15) is 33.1 Å². The highest BCUT2D eigenvalue weighted by atomic mass is 32.2. The van der Waals surface area contributed by atoms with Gasteiger partial charge in [-0.1, -0.05) is 6.42 Å². The zero-order chi connectivity index (χ0) is 13.9. The topological polar surface area (TPSA) is 52.7 Å². The van der Waals surface area contributed by atoms with Gasteiger partial charge in [-0.25, -0.2) is 8.42 Å². The van der Waals surface area contributed by atoms with Crippen LogP contribution < -0.4 is 5.32 Å². The second kappa shape index (κ2) is 6.52. The average molecular weight is 289 g/mol. The van der Waals surface area contributed by atoms with E-state index in [0.29, 0.717) is 6.54 Å². The van der Waals surface area contributed by atoms with Gasteiger partial charge in [-0.15, -0.1) is 0 Å². The molecule has 0 aliphatic carbocycles. The van der Waals surface area contributed by atoms with Crippen molar-refractivity contribution in [2.75, 3.05) is 38.5 Å². The summed E-state index contributed by atoms with van der Waals surface area (Å²) in [5.41, 5.74) is 0. The Morgan fingerprint density at radius 2 is 1.68 bits per heavy atom. The lowest BCUT2D eigenvalue weighted by Crippen LogP contribution is -2.51. The minimum Gasteiger partial charge on any atom is -0.314 e. The van der Waals surface area contributed by atoms with Gasteiger partial charge in [0.15, 0.2) is 0 Å². The molecule has 0 unspecified atom stereocenters. The maximum Gasteiger partial charge on any atom is 0.215 e. The maximum absolute atomic E-state index is 12.5. The Bertz CT molecular complexity index is 369. The van der Waals surface area contributed by atoms with E-state index in [9.17, 15) is 8.42 Å². The summed E-state index contributed by atoms with van der Waals surface area (Å²) >= 11 is 0. The van der Waals surface area contributed by atoms with Gasteiger partial charge in [0.05, 0.1) is 5.75 Å². The SMILES string of the molecule is C[C@@H]1CCC[C@H](C)N1S(=O)(=O)CCN1CCNCC1. The molecule has 0 aromatic rings. The van der Waals surface area contributed by atoms with Crippen LogP contribution in [-0.2, 0) is 10.0 Å². The molecule has 0 radical (unpaired) electrons. The number of nitrogens with zero attached hydrogens (tertiary/aromatic N) is 2. The van der Waals surface area contributed by atoms with Crippen molar-refractivity contribution < 1.29 is 8.42 Å². The fourth-order valence-corrected chi connectivity index (χ4v) is 5.24. The molecule has 1 N–H and O–H groups in total. The second-order valence-electron chi connectivity index (χ2n) is 5.87. The third-order valence-corrected chi connectivity index (χ3v) is 6.37. The molecule has 2 saturated heterocycles. The van der Waals surface area contributed by atoms with E-state index in [2.05, 4.69) is 10.2 Å². The lowest BCUT2D eigenvalue weighted by molar-refractivity contribution is 0.201. The third-order valence-electron chi connectivity index (χ3n) is 4.31. The molecule has 2 aliphatic rings. The molecule has 19 heavy (non-hydrogen) atoms. The summed E-state index contributed by atoms with van der Waals surface area (Å²) in [5.74, 6) is 0.266. The van der Waals surface area contributed by atoms with E-state index >= 15 is 0 Å². The van der Waals surface area contributed by atoms with Gasteiger partial charge in [0.2, 0.25) is 10.0 Å². The first kappa shape index (κ1) is 15.2. The molecule has 2 atom stereocenters. The Labute approximate surface area is 117 Å². The summed E-state index contributed by atoms with van der Waals surface area (Å²) in [7, 11) is -3.11. The second-order valence-corrected chi connectivity index (χ2v) is 7.86. The number of hydrogen-bond donors (Lipinski definition) is 1. The Kier molecular flexibility index (Phi) is 5.22. The number of hydrogen-bond acceptors (Lipinski definition) is 4. The molecule has 0 aromatic heterocycles. The van der Waals surface area contributed by atoms with Crippen molar-refractivity contribution >= 4 is 10.0 Å². The van der Waals surface area contributed by atoms with E-state index in [0.717, 1.165) is 45.4 Å². The van der Waals surface area contributed by atoms with E-state index in [1.165, 1.54) is 0 Å². The van der Waals surface area contributed by atoms with Gasteiger partial charge in [0, 0.05) is 44.8 Å². The Balaban J connectivity index is 1.92. The predicted octanol–water partition coefficient (Wildman–Crippen LogP) is 0.484. The van der Waals surface area contributed by atoms with E-state index in [4.69, 9.17) is 0 Å². The summed E-state index contributed by atoms with van der Waals surface area (Å²) in [5, 5.41) is 3.29. The lowest BCUT2D eigenvalue weighted by Gasteiger charge is -2.38. The number of nitrogens with one attached hydrogen (secondary N) is 1. The lowest BCUT2D eigenvalue weighted by atomic mass is 10.0. The Morgan fingerprint density at radius 1 is 1.11 bits per heavy atom. The van der Waals surface area contributed by atoms with Crippen LogP contribution >= 0.6 is 0 Å².